The molecule has 2 aliphatic carbocycles. The molecule has 46 heavy (non-hydrogen) atoms. The lowest BCUT2D eigenvalue weighted by Gasteiger charge is -2.27. The Bertz CT molecular complexity index is 2030. The van der Waals surface area contributed by atoms with E-state index in [9.17, 15) is 9.59 Å². The number of imidazole rings is 1. The van der Waals surface area contributed by atoms with E-state index in [0.29, 0.717) is 35.5 Å². The number of fused-ring (bicyclic) bond motifs is 4. The van der Waals surface area contributed by atoms with E-state index in [4.69, 9.17) is 20.2 Å². The number of piperidine rings is 1. The third kappa shape index (κ3) is 4.68. The number of ether oxygens (including phenoxy) is 2. The van der Waals surface area contributed by atoms with Gasteiger partial charge in [-0.15, -0.1) is 0 Å². The molecule has 5 aromatic rings. The fraction of sp³-hybridized carbons (Fsp3) is 0.371. The lowest BCUT2D eigenvalue weighted by atomic mass is 10.1. The molecule has 3 fully saturated rings. The Morgan fingerprint density at radius 3 is 2.57 bits per heavy atom. The maximum absolute atomic E-state index is 13.7. The molecule has 11 nitrogen and oxygen atoms in total. The minimum absolute atomic E-state index is 0.00788. The molecule has 2 bridgehead atoms. The van der Waals surface area contributed by atoms with E-state index in [1.165, 1.54) is 20.0 Å². The third-order valence-electron chi connectivity index (χ3n) is 10.1. The van der Waals surface area contributed by atoms with E-state index in [1.54, 1.807) is 13.3 Å². The number of amides is 2. The number of nitrogens with one attached hydrogen (secondary N) is 1. The van der Waals surface area contributed by atoms with Crippen molar-refractivity contribution in [3.8, 4) is 28.4 Å². The van der Waals surface area contributed by atoms with E-state index in [1.807, 2.05) is 36.2 Å². The molecule has 3 atom stereocenters. The van der Waals surface area contributed by atoms with Gasteiger partial charge in [0.25, 0.3) is 5.91 Å². The van der Waals surface area contributed by atoms with Crippen LogP contribution in [-0.4, -0.2) is 68.9 Å². The predicted molar refractivity (Wildman–Crippen MR) is 176 cm³/mol. The van der Waals surface area contributed by atoms with Gasteiger partial charge in [-0.1, -0.05) is 12.1 Å². The Morgan fingerprint density at radius 1 is 1.02 bits per heavy atom. The fourth-order valence-electron chi connectivity index (χ4n) is 7.48. The first-order valence-electron chi connectivity index (χ1n) is 15.9. The van der Waals surface area contributed by atoms with Crippen molar-refractivity contribution >= 4 is 39.8 Å². The second kappa shape index (κ2) is 10.9. The van der Waals surface area contributed by atoms with Gasteiger partial charge in [-0.25, -0.2) is 14.8 Å². The van der Waals surface area contributed by atoms with Gasteiger partial charge >= 0.3 is 6.09 Å². The minimum atomic E-state index is -0.564. The first-order chi connectivity index (χ1) is 22.3. The average molecular weight is 620 g/mol. The number of benzene rings is 2. The Hall–Kier alpha value is -4.90. The number of aryl methyl sites for hydroxylation is 1. The maximum atomic E-state index is 13.7. The van der Waals surface area contributed by atoms with E-state index in [2.05, 4.69) is 43.7 Å². The summed E-state index contributed by atoms with van der Waals surface area (Å²) in [6.07, 6.45) is 5.57. The van der Waals surface area contributed by atoms with Crippen LogP contribution in [0.3, 0.4) is 0 Å². The van der Waals surface area contributed by atoms with Gasteiger partial charge in [0.1, 0.15) is 17.1 Å². The molecule has 11 heteroatoms. The van der Waals surface area contributed by atoms with Crippen molar-refractivity contribution < 1.29 is 19.1 Å². The summed E-state index contributed by atoms with van der Waals surface area (Å²) in [6, 6.07) is 16.3. The summed E-state index contributed by atoms with van der Waals surface area (Å²) in [5, 5.41) is 3.75. The smallest absolute Gasteiger partial charge is 0.412 e. The Morgan fingerprint density at radius 2 is 1.85 bits per heavy atom. The number of anilines is 1. The summed E-state index contributed by atoms with van der Waals surface area (Å²) in [5.74, 6) is 2.85. The molecule has 0 spiro atoms. The number of hydrogen-bond donors (Lipinski definition) is 2. The molecule has 0 unspecified atom stereocenters. The highest BCUT2D eigenvalue weighted by atomic mass is 16.5. The maximum Gasteiger partial charge on any atom is 0.412 e. The average Bonchev–Trinajstić information content (AvgIpc) is 3.47. The topological polar surface area (TPSA) is 130 Å². The number of methoxy groups -OCH3 is 2. The Labute approximate surface area is 266 Å². The number of carbonyl (C=O) groups excluding carboxylic acids is 2. The molecule has 8 rings (SSSR count). The van der Waals surface area contributed by atoms with Crippen LogP contribution >= 0.6 is 0 Å². The van der Waals surface area contributed by atoms with E-state index < -0.39 is 6.09 Å². The van der Waals surface area contributed by atoms with E-state index >= 15 is 0 Å². The van der Waals surface area contributed by atoms with Gasteiger partial charge in [-0.2, -0.15) is 0 Å². The third-order valence-corrected chi connectivity index (χ3v) is 10.1. The molecular weight excluding hydrogens is 582 g/mol. The number of hydrogen-bond acceptors (Lipinski definition) is 7. The highest BCUT2D eigenvalue weighted by molar-refractivity contribution is 6.01. The molecule has 1 saturated heterocycles. The lowest BCUT2D eigenvalue weighted by Crippen LogP contribution is -2.41. The first-order valence-corrected chi connectivity index (χ1v) is 15.9. The quantitative estimate of drug-likeness (QED) is 0.249. The first kappa shape index (κ1) is 28.6. The molecule has 236 valence electrons. The highest BCUT2D eigenvalue weighted by Gasteiger charge is 2.47. The van der Waals surface area contributed by atoms with Crippen molar-refractivity contribution in [1.82, 2.24) is 24.0 Å². The molecule has 3 N–H and O–H groups in total. The van der Waals surface area contributed by atoms with Crippen molar-refractivity contribution in [2.24, 2.45) is 24.6 Å². The van der Waals surface area contributed by atoms with Gasteiger partial charge in [-0.3, -0.25) is 10.1 Å². The van der Waals surface area contributed by atoms with Crippen LogP contribution in [0.15, 0.2) is 54.7 Å². The van der Waals surface area contributed by atoms with E-state index in [0.717, 1.165) is 64.0 Å². The van der Waals surface area contributed by atoms with Crippen molar-refractivity contribution in [3.63, 3.8) is 0 Å². The molecule has 3 aromatic heterocycles. The van der Waals surface area contributed by atoms with Crippen LogP contribution in [-0.2, 0) is 18.3 Å². The molecule has 2 aromatic carbocycles. The van der Waals surface area contributed by atoms with Crippen LogP contribution in [0.4, 0.5) is 10.6 Å². The number of rotatable bonds is 7. The summed E-state index contributed by atoms with van der Waals surface area (Å²) in [7, 11) is 4.97. The number of pyridine rings is 1. The summed E-state index contributed by atoms with van der Waals surface area (Å²) >= 11 is 0. The number of likely N-dealkylation sites (tertiary alicyclic amines) is 1. The van der Waals surface area contributed by atoms with Crippen molar-refractivity contribution in [2.45, 2.75) is 44.3 Å². The molecular formula is C35H37N7O4. The van der Waals surface area contributed by atoms with Crippen molar-refractivity contribution in [3.05, 3.63) is 60.3 Å². The van der Waals surface area contributed by atoms with Gasteiger partial charge < -0.3 is 29.2 Å². The number of nitrogens with two attached hydrogens (primary N) is 1. The van der Waals surface area contributed by atoms with Gasteiger partial charge in [-0.05, 0) is 85.0 Å². The number of nitrogens with zero attached hydrogens (tertiary/aromatic N) is 5. The molecule has 1 aliphatic heterocycles. The normalized spacial score (nSPS) is 20.5. The molecule has 2 amide bonds. The van der Waals surface area contributed by atoms with Crippen LogP contribution in [0.2, 0.25) is 0 Å². The molecule has 4 heterocycles. The summed E-state index contributed by atoms with van der Waals surface area (Å²) in [5.41, 5.74) is 12.6. The zero-order valence-electron chi connectivity index (χ0n) is 26.2. The molecule has 3 aliphatic rings. The number of aromatic nitrogens is 4. The Balaban J connectivity index is 1.21. The van der Waals surface area contributed by atoms with Crippen molar-refractivity contribution in [1.29, 1.82) is 0 Å². The van der Waals surface area contributed by atoms with Crippen molar-refractivity contribution in [2.75, 3.05) is 26.1 Å². The van der Waals surface area contributed by atoms with Gasteiger partial charge in [0.05, 0.1) is 25.4 Å². The standard InChI is InChI=1S/C35H37N7O4/c1-40-32-25(12-24(15-29(32)45-2)34(43)42-18-23-8-9-26(42)31(23)36)38-33(40)28-14-22-7-6-20(13-27(22)41(28)17-19-4-5-19)21-10-11-37-30(16-21)39-35(44)46-3/h6-7,10-16,19,23,26,31H,4-5,8-9,17-18,36H2,1-3H3,(H,37,39,44)/t23-,26-,31-/m1/s1. The summed E-state index contributed by atoms with van der Waals surface area (Å²) < 4.78 is 15.0. The summed E-state index contributed by atoms with van der Waals surface area (Å²) in [4.78, 5) is 36.8. The zero-order valence-corrected chi connectivity index (χ0v) is 26.2. The van der Waals surface area contributed by atoms with Gasteiger partial charge in [0.2, 0.25) is 0 Å². The fourth-order valence-corrected chi connectivity index (χ4v) is 7.48. The molecule has 0 radical (unpaired) electrons. The monoisotopic (exact) mass is 619 g/mol. The second-order valence-corrected chi connectivity index (χ2v) is 12.9. The summed E-state index contributed by atoms with van der Waals surface area (Å²) in [6.45, 7) is 1.60. The van der Waals surface area contributed by atoms with Crippen LogP contribution in [0, 0.1) is 11.8 Å². The second-order valence-electron chi connectivity index (χ2n) is 12.9. The van der Waals surface area contributed by atoms with Crippen LogP contribution < -0.4 is 15.8 Å². The largest absolute Gasteiger partial charge is 0.494 e. The van der Waals surface area contributed by atoms with Crippen LogP contribution in [0.25, 0.3) is 44.6 Å². The highest BCUT2D eigenvalue weighted by Crippen LogP contribution is 2.41. The lowest BCUT2D eigenvalue weighted by molar-refractivity contribution is 0.0700. The van der Waals surface area contributed by atoms with Gasteiger partial charge in [0.15, 0.2) is 5.82 Å². The molecule has 2 saturated carbocycles. The Kier molecular flexibility index (Phi) is 6.75. The predicted octanol–water partition coefficient (Wildman–Crippen LogP) is 5.42. The zero-order chi connectivity index (χ0) is 31.7. The minimum Gasteiger partial charge on any atom is -0.494 e. The van der Waals surface area contributed by atoms with Crippen LogP contribution in [0.1, 0.15) is 36.0 Å². The number of carbonyl (C=O) groups is 2. The van der Waals surface area contributed by atoms with E-state index in [-0.39, 0.29) is 18.0 Å². The SMILES string of the molecule is COC(=O)Nc1cc(-c2ccc3cc(-c4nc5cc(C(=O)N6C[C@H]7CC[C@@H]6[C@@H]7N)cc(OC)c5n4C)n(CC4CC4)c3c2)ccn1. The van der Waals surface area contributed by atoms with Crippen LogP contribution in [0.5, 0.6) is 5.75 Å². The van der Waals surface area contributed by atoms with Gasteiger partial charge in [0, 0.05) is 54.9 Å².